The number of hydrogen-bond acceptors (Lipinski definition) is 1. The summed E-state index contributed by atoms with van der Waals surface area (Å²) in [4.78, 5) is 0. The summed E-state index contributed by atoms with van der Waals surface area (Å²) < 4.78 is 26.7. The van der Waals surface area contributed by atoms with Gasteiger partial charge in [0.1, 0.15) is 11.6 Å². The number of fused-ring (bicyclic) bond motifs is 1. The maximum absolute atomic E-state index is 13.4. The molecule has 3 heteroatoms. The van der Waals surface area contributed by atoms with E-state index in [9.17, 15) is 8.78 Å². The molecule has 2 aromatic carbocycles. The van der Waals surface area contributed by atoms with E-state index in [0.29, 0.717) is 0 Å². The van der Waals surface area contributed by atoms with Crippen molar-refractivity contribution in [1.82, 2.24) is 5.32 Å². The van der Waals surface area contributed by atoms with E-state index in [-0.39, 0.29) is 17.7 Å². The van der Waals surface area contributed by atoms with E-state index in [1.807, 2.05) is 13.0 Å². The lowest BCUT2D eigenvalue weighted by atomic mass is 9.89. The number of benzene rings is 2. The number of aryl methyl sites for hydroxylation is 1. The van der Waals surface area contributed by atoms with Gasteiger partial charge in [-0.3, -0.25) is 0 Å². The summed E-state index contributed by atoms with van der Waals surface area (Å²) in [6, 6.07) is 9.96. The lowest BCUT2D eigenvalue weighted by Crippen LogP contribution is -2.31. The van der Waals surface area contributed by atoms with Crippen molar-refractivity contribution in [2.24, 2.45) is 0 Å². The second kappa shape index (κ2) is 5.33. The zero-order valence-corrected chi connectivity index (χ0v) is 11.4. The fraction of sp³-hybridized carbons (Fsp3) is 0.294. The Morgan fingerprint density at radius 1 is 1.10 bits per heavy atom. The fourth-order valence-electron chi connectivity index (χ4n) is 2.88. The average molecular weight is 273 g/mol. The van der Waals surface area contributed by atoms with E-state index < -0.39 is 0 Å². The van der Waals surface area contributed by atoms with Crippen LogP contribution in [0.5, 0.6) is 0 Å². The Balaban J connectivity index is 1.91. The molecule has 0 bridgehead atoms. The first kappa shape index (κ1) is 13.3. The predicted octanol–water partition coefficient (Wildman–Crippen LogP) is 3.70. The largest absolute Gasteiger partial charge is 0.309 e. The molecule has 104 valence electrons. The minimum Gasteiger partial charge on any atom is -0.309 e. The van der Waals surface area contributed by atoms with Gasteiger partial charge in [-0.25, -0.2) is 8.78 Å². The Hall–Kier alpha value is -1.74. The van der Waals surface area contributed by atoms with Gasteiger partial charge in [-0.15, -0.1) is 0 Å². The van der Waals surface area contributed by atoms with Crippen LogP contribution in [0.1, 0.15) is 28.3 Å². The molecule has 3 rings (SSSR count). The summed E-state index contributed by atoms with van der Waals surface area (Å²) in [7, 11) is 0. The van der Waals surface area contributed by atoms with Crippen LogP contribution in [0.4, 0.5) is 8.78 Å². The highest BCUT2D eigenvalue weighted by atomic mass is 19.1. The fourth-order valence-corrected chi connectivity index (χ4v) is 2.88. The topological polar surface area (TPSA) is 12.0 Å². The normalized spacial score (nSPS) is 17.9. The Morgan fingerprint density at radius 2 is 1.85 bits per heavy atom. The Kier molecular flexibility index (Phi) is 3.53. The van der Waals surface area contributed by atoms with E-state index in [0.717, 1.165) is 41.6 Å². The highest BCUT2D eigenvalue weighted by Crippen LogP contribution is 2.27. The summed E-state index contributed by atoms with van der Waals surface area (Å²) in [5, 5.41) is 3.45. The summed E-state index contributed by atoms with van der Waals surface area (Å²) in [6.45, 7) is 2.82. The van der Waals surface area contributed by atoms with Gasteiger partial charge >= 0.3 is 0 Å². The first-order valence-corrected chi connectivity index (χ1v) is 6.90. The molecule has 0 spiro atoms. The van der Waals surface area contributed by atoms with Crippen LogP contribution >= 0.6 is 0 Å². The van der Waals surface area contributed by atoms with Gasteiger partial charge in [-0.2, -0.15) is 0 Å². The third-order valence-electron chi connectivity index (χ3n) is 4.00. The van der Waals surface area contributed by atoms with Crippen LogP contribution in [0.15, 0.2) is 36.4 Å². The van der Waals surface area contributed by atoms with Crippen molar-refractivity contribution < 1.29 is 8.78 Å². The van der Waals surface area contributed by atoms with Crippen LogP contribution < -0.4 is 5.32 Å². The zero-order chi connectivity index (χ0) is 14.1. The van der Waals surface area contributed by atoms with Crippen LogP contribution in [0, 0.1) is 18.6 Å². The van der Waals surface area contributed by atoms with Crippen molar-refractivity contribution in [3.63, 3.8) is 0 Å². The number of rotatable bonds is 2. The van der Waals surface area contributed by atoms with Gasteiger partial charge in [0.05, 0.1) is 0 Å². The molecule has 0 amide bonds. The second-order valence-corrected chi connectivity index (χ2v) is 5.37. The summed E-state index contributed by atoms with van der Waals surface area (Å²) in [6.07, 6.45) is 1.56. The molecule has 0 saturated heterocycles. The molecule has 0 aromatic heterocycles. The third kappa shape index (κ3) is 2.59. The smallest absolute Gasteiger partial charge is 0.123 e. The number of halogens is 2. The molecule has 1 N–H and O–H groups in total. The highest BCUT2D eigenvalue weighted by molar-refractivity contribution is 5.36. The molecule has 1 nitrogen and oxygen atoms in total. The standard InChI is InChI=1S/C17H17F2N/c1-11-2-3-14(18)9-13(11)10-17-16-5-4-15(19)8-12(16)6-7-20-17/h2-5,8-9,17,20H,6-7,10H2,1H3. The van der Waals surface area contributed by atoms with Crippen molar-refractivity contribution in [3.8, 4) is 0 Å². The van der Waals surface area contributed by atoms with E-state index in [1.165, 1.54) is 12.1 Å². The van der Waals surface area contributed by atoms with Gasteiger partial charge in [0, 0.05) is 6.04 Å². The summed E-state index contributed by atoms with van der Waals surface area (Å²) in [5.74, 6) is -0.396. The van der Waals surface area contributed by atoms with Gasteiger partial charge in [0.15, 0.2) is 0 Å². The first-order valence-electron chi connectivity index (χ1n) is 6.90. The van der Waals surface area contributed by atoms with Crippen LogP contribution in [0.25, 0.3) is 0 Å². The minimum atomic E-state index is -0.208. The average Bonchev–Trinajstić information content (AvgIpc) is 2.43. The second-order valence-electron chi connectivity index (χ2n) is 5.37. The molecule has 1 aliphatic heterocycles. The summed E-state index contributed by atoms with van der Waals surface area (Å²) in [5.41, 5.74) is 4.27. The highest BCUT2D eigenvalue weighted by Gasteiger charge is 2.21. The van der Waals surface area contributed by atoms with Crippen molar-refractivity contribution in [3.05, 3.63) is 70.3 Å². The molecular weight excluding hydrogens is 256 g/mol. The molecule has 1 aliphatic rings. The molecule has 0 radical (unpaired) electrons. The van der Waals surface area contributed by atoms with Gasteiger partial charge in [0.2, 0.25) is 0 Å². The molecule has 1 atom stereocenters. The van der Waals surface area contributed by atoms with Gasteiger partial charge in [-0.05, 0) is 72.8 Å². The maximum atomic E-state index is 13.4. The Bertz CT molecular complexity index is 637. The number of nitrogens with one attached hydrogen (secondary N) is 1. The molecular formula is C17H17F2N. The van der Waals surface area contributed by atoms with Gasteiger partial charge < -0.3 is 5.32 Å². The van der Waals surface area contributed by atoms with E-state index in [4.69, 9.17) is 0 Å². The van der Waals surface area contributed by atoms with Crippen LogP contribution in [0.3, 0.4) is 0 Å². The van der Waals surface area contributed by atoms with E-state index in [1.54, 1.807) is 18.2 Å². The van der Waals surface area contributed by atoms with Crippen LogP contribution in [0.2, 0.25) is 0 Å². The van der Waals surface area contributed by atoms with Gasteiger partial charge in [-0.1, -0.05) is 12.1 Å². The summed E-state index contributed by atoms with van der Waals surface area (Å²) >= 11 is 0. The van der Waals surface area contributed by atoms with Crippen molar-refractivity contribution in [1.29, 1.82) is 0 Å². The molecule has 0 aliphatic carbocycles. The minimum absolute atomic E-state index is 0.125. The maximum Gasteiger partial charge on any atom is 0.123 e. The van der Waals surface area contributed by atoms with E-state index in [2.05, 4.69) is 5.32 Å². The van der Waals surface area contributed by atoms with Crippen molar-refractivity contribution in [2.75, 3.05) is 6.54 Å². The van der Waals surface area contributed by atoms with Crippen molar-refractivity contribution >= 4 is 0 Å². The SMILES string of the molecule is Cc1ccc(F)cc1CC1NCCc2cc(F)ccc21. The molecule has 1 heterocycles. The molecule has 1 unspecified atom stereocenters. The van der Waals surface area contributed by atoms with Gasteiger partial charge in [0.25, 0.3) is 0 Å². The molecule has 2 aromatic rings. The lowest BCUT2D eigenvalue weighted by Gasteiger charge is -2.27. The van der Waals surface area contributed by atoms with Crippen molar-refractivity contribution in [2.45, 2.75) is 25.8 Å². The van der Waals surface area contributed by atoms with E-state index >= 15 is 0 Å². The predicted molar refractivity (Wildman–Crippen MR) is 75.7 cm³/mol. The molecule has 0 saturated carbocycles. The molecule has 20 heavy (non-hydrogen) atoms. The van der Waals surface area contributed by atoms with Crippen LogP contribution in [-0.2, 0) is 12.8 Å². The lowest BCUT2D eigenvalue weighted by molar-refractivity contribution is 0.496. The Morgan fingerprint density at radius 3 is 2.70 bits per heavy atom. The monoisotopic (exact) mass is 273 g/mol. The Labute approximate surface area is 117 Å². The number of hydrogen-bond donors (Lipinski definition) is 1. The zero-order valence-electron chi connectivity index (χ0n) is 11.4. The molecule has 0 fully saturated rings. The van der Waals surface area contributed by atoms with Crippen LogP contribution in [-0.4, -0.2) is 6.54 Å². The third-order valence-corrected chi connectivity index (χ3v) is 4.00. The quantitative estimate of drug-likeness (QED) is 0.879. The first-order chi connectivity index (χ1) is 9.63.